The summed E-state index contributed by atoms with van der Waals surface area (Å²) in [6, 6.07) is 24.4. The van der Waals surface area contributed by atoms with Crippen LogP contribution in [0.3, 0.4) is 0 Å². The first kappa shape index (κ1) is 19.6. The molecule has 0 amide bonds. The van der Waals surface area contributed by atoms with E-state index in [1.807, 2.05) is 49.5 Å². The van der Waals surface area contributed by atoms with E-state index in [-0.39, 0.29) is 0 Å². The minimum Gasteiger partial charge on any atom is -0.496 e. The third-order valence-electron chi connectivity index (χ3n) is 5.32. The number of benzene rings is 4. The van der Waals surface area contributed by atoms with Crippen molar-refractivity contribution >= 4 is 38.9 Å². The quantitative estimate of drug-likeness (QED) is 0.361. The van der Waals surface area contributed by atoms with E-state index >= 15 is 0 Å². The van der Waals surface area contributed by atoms with Gasteiger partial charge in [0.1, 0.15) is 11.5 Å². The topological polar surface area (TPSA) is 46.1 Å². The molecule has 0 heterocycles. The van der Waals surface area contributed by atoms with Crippen molar-refractivity contribution in [2.45, 2.75) is 0 Å². The van der Waals surface area contributed by atoms with Gasteiger partial charge >= 0.3 is 0 Å². The number of nitrogens with one attached hydrogen (secondary N) is 1. The molecule has 4 aromatic carbocycles. The minimum atomic E-state index is 0.737. The molecule has 4 aromatic rings. The molecule has 5 nitrogen and oxygen atoms in total. The lowest BCUT2D eigenvalue weighted by Crippen LogP contribution is -2.33. The van der Waals surface area contributed by atoms with E-state index in [9.17, 15) is 0 Å². The Bertz CT molecular complexity index is 1230. The molecule has 0 unspecified atom stereocenters. The first-order valence-electron chi connectivity index (χ1n) is 9.77. The van der Waals surface area contributed by atoms with Crippen LogP contribution >= 0.6 is 0 Å². The average molecular weight is 399 g/mol. The maximum absolute atomic E-state index is 5.54. The largest absolute Gasteiger partial charge is 0.496 e. The van der Waals surface area contributed by atoms with Gasteiger partial charge < -0.3 is 19.7 Å². The van der Waals surface area contributed by atoms with Crippen molar-refractivity contribution in [2.24, 2.45) is 4.99 Å². The highest BCUT2D eigenvalue weighted by Gasteiger charge is 2.15. The van der Waals surface area contributed by atoms with Crippen LogP contribution in [0.5, 0.6) is 11.5 Å². The molecule has 152 valence electrons. The number of hydrogen-bond donors (Lipinski definition) is 1. The number of nitrogens with zero attached hydrogens (tertiary/aromatic N) is 2. The van der Waals surface area contributed by atoms with E-state index in [2.05, 4.69) is 45.5 Å². The van der Waals surface area contributed by atoms with Gasteiger partial charge in [-0.05, 0) is 24.3 Å². The highest BCUT2D eigenvalue weighted by molar-refractivity contribution is 6.13. The third-order valence-corrected chi connectivity index (χ3v) is 5.32. The molecule has 0 aliphatic heterocycles. The smallest absolute Gasteiger partial charge is 0.202 e. The summed E-state index contributed by atoms with van der Waals surface area (Å²) in [5.74, 6) is 2.44. The predicted octanol–water partition coefficient (Wildman–Crippen LogP) is 5.54. The lowest BCUT2D eigenvalue weighted by atomic mass is 10.1. The van der Waals surface area contributed by atoms with Crippen molar-refractivity contribution < 1.29 is 9.47 Å². The van der Waals surface area contributed by atoms with Crippen LogP contribution in [-0.4, -0.2) is 34.3 Å². The van der Waals surface area contributed by atoms with Crippen LogP contribution in [0.25, 0.3) is 21.5 Å². The number of fused-ring (bicyclic) bond motifs is 2. The Labute approximate surface area is 176 Å². The van der Waals surface area contributed by atoms with Crippen LogP contribution < -0.4 is 19.7 Å². The standard InChI is InChI=1S/C25H25N3O2/c1-26-25(27-21-13-15-23(29-3)19-11-7-5-9-17(19)21)28(2)22-14-16-24(30-4)20-12-8-6-10-18(20)22/h5-16H,1-4H3,(H,26,27). The van der Waals surface area contributed by atoms with E-state index in [4.69, 9.17) is 9.47 Å². The van der Waals surface area contributed by atoms with Gasteiger partial charge in [0.2, 0.25) is 5.96 Å². The van der Waals surface area contributed by atoms with E-state index in [1.165, 1.54) is 0 Å². The number of aliphatic imine (C=N–C) groups is 1. The molecule has 0 saturated carbocycles. The number of rotatable bonds is 4. The molecule has 1 N–H and O–H groups in total. The lowest BCUT2D eigenvalue weighted by molar-refractivity contribution is 0.420. The highest BCUT2D eigenvalue weighted by Crippen LogP contribution is 2.34. The van der Waals surface area contributed by atoms with Crippen molar-refractivity contribution in [2.75, 3.05) is 38.5 Å². The molecular formula is C25H25N3O2. The lowest BCUT2D eigenvalue weighted by Gasteiger charge is -2.25. The van der Waals surface area contributed by atoms with Gasteiger partial charge in [-0.1, -0.05) is 48.5 Å². The van der Waals surface area contributed by atoms with Gasteiger partial charge in [0.15, 0.2) is 0 Å². The van der Waals surface area contributed by atoms with Crippen LogP contribution in [0.4, 0.5) is 11.4 Å². The first-order valence-corrected chi connectivity index (χ1v) is 9.77. The molecule has 0 bridgehead atoms. The normalized spacial score (nSPS) is 11.5. The minimum absolute atomic E-state index is 0.737. The zero-order valence-corrected chi connectivity index (χ0v) is 17.6. The Kier molecular flexibility index (Phi) is 5.44. The van der Waals surface area contributed by atoms with Gasteiger partial charge in [0.25, 0.3) is 0 Å². The van der Waals surface area contributed by atoms with Crippen molar-refractivity contribution in [3.05, 3.63) is 72.8 Å². The Hall–Kier alpha value is -3.73. The molecule has 0 atom stereocenters. The SMILES string of the molecule is CN=C(Nc1ccc(OC)c2ccccc12)N(C)c1ccc(OC)c2ccccc12. The number of hydrogen-bond acceptors (Lipinski definition) is 3. The fourth-order valence-electron chi connectivity index (χ4n) is 3.81. The van der Waals surface area contributed by atoms with E-state index < -0.39 is 0 Å². The van der Waals surface area contributed by atoms with Gasteiger partial charge in [-0.15, -0.1) is 0 Å². The summed E-state index contributed by atoms with van der Waals surface area (Å²) >= 11 is 0. The Morgan fingerprint density at radius 2 is 1.27 bits per heavy atom. The van der Waals surface area contributed by atoms with Gasteiger partial charge in [-0.25, -0.2) is 0 Å². The maximum Gasteiger partial charge on any atom is 0.202 e. The van der Waals surface area contributed by atoms with Crippen LogP contribution in [0, 0.1) is 0 Å². The second-order valence-electron chi connectivity index (χ2n) is 6.92. The Morgan fingerprint density at radius 1 is 0.733 bits per heavy atom. The van der Waals surface area contributed by atoms with Crippen LogP contribution in [0.15, 0.2) is 77.8 Å². The zero-order valence-electron chi connectivity index (χ0n) is 17.6. The number of guanidine groups is 1. The van der Waals surface area contributed by atoms with Crippen molar-refractivity contribution in [3.8, 4) is 11.5 Å². The van der Waals surface area contributed by atoms with E-state index in [0.717, 1.165) is 50.4 Å². The van der Waals surface area contributed by atoms with Gasteiger partial charge in [-0.2, -0.15) is 0 Å². The molecule has 4 rings (SSSR count). The summed E-state index contributed by atoms with van der Waals surface area (Å²) in [4.78, 5) is 6.58. The summed E-state index contributed by atoms with van der Waals surface area (Å²) in [6.07, 6.45) is 0. The summed E-state index contributed by atoms with van der Waals surface area (Å²) in [7, 11) is 7.18. The Balaban J connectivity index is 1.75. The van der Waals surface area contributed by atoms with Crippen molar-refractivity contribution in [1.82, 2.24) is 0 Å². The summed E-state index contributed by atoms with van der Waals surface area (Å²) in [5.41, 5.74) is 2.01. The van der Waals surface area contributed by atoms with E-state index in [0.29, 0.717) is 0 Å². The molecule has 0 aromatic heterocycles. The molecule has 0 spiro atoms. The molecule has 0 saturated heterocycles. The number of methoxy groups -OCH3 is 2. The van der Waals surface area contributed by atoms with Crippen molar-refractivity contribution in [3.63, 3.8) is 0 Å². The molecular weight excluding hydrogens is 374 g/mol. The van der Waals surface area contributed by atoms with E-state index in [1.54, 1.807) is 21.3 Å². The maximum atomic E-state index is 5.54. The second kappa shape index (κ2) is 8.33. The van der Waals surface area contributed by atoms with Gasteiger partial charge in [0, 0.05) is 41.3 Å². The molecule has 5 heteroatoms. The highest BCUT2D eigenvalue weighted by atomic mass is 16.5. The second-order valence-corrected chi connectivity index (χ2v) is 6.92. The average Bonchev–Trinajstić information content (AvgIpc) is 2.81. The fourth-order valence-corrected chi connectivity index (χ4v) is 3.81. The fraction of sp³-hybridized carbons (Fsp3) is 0.160. The summed E-state index contributed by atoms with van der Waals surface area (Å²) in [6.45, 7) is 0. The predicted molar refractivity (Wildman–Crippen MR) is 126 cm³/mol. The number of ether oxygens (including phenoxy) is 2. The van der Waals surface area contributed by atoms with Crippen LogP contribution in [-0.2, 0) is 0 Å². The summed E-state index contributed by atoms with van der Waals surface area (Å²) < 4.78 is 11.1. The van der Waals surface area contributed by atoms with Crippen molar-refractivity contribution in [1.29, 1.82) is 0 Å². The summed E-state index contributed by atoms with van der Waals surface area (Å²) in [5, 5.41) is 7.80. The molecule has 0 fully saturated rings. The first-order chi connectivity index (χ1) is 14.7. The molecule has 30 heavy (non-hydrogen) atoms. The molecule has 0 aliphatic rings. The molecule has 0 aliphatic carbocycles. The van der Waals surface area contributed by atoms with Gasteiger partial charge in [0.05, 0.1) is 19.9 Å². The number of anilines is 2. The van der Waals surface area contributed by atoms with Crippen LogP contribution in [0.2, 0.25) is 0 Å². The third kappa shape index (κ3) is 3.39. The zero-order chi connectivity index (χ0) is 21.1. The van der Waals surface area contributed by atoms with Gasteiger partial charge in [-0.3, -0.25) is 4.99 Å². The Morgan fingerprint density at radius 3 is 1.87 bits per heavy atom. The monoisotopic (exact) mass is 399 g/mol. The van der Waals surface area contributed by atoms with Crippen LogP contribution in [0.1, 0.15) is 0 Å². The molecule has 0 radical (unpaired) electrons.